The summed E-state index contributed by atoms with van der Waals surface area (Å²) in [5.74, 6) is 1.01. The van der Waals surface area contributed by atoms with Gasteiger partial charge < -0.3 is 19.9 Å². The van der Waals surface area contributed by atoms with Crippen molar-refractivity contribution in [1.29, 1.82) is 0 Å². The van der Waals surface area contributed by atoms with E-state index in [4.69, 9.17) is 14.7 Å². The van der Waals surface area contributed by atoms with Crippen LogP contribution in [0.4, 0.5) is 5.69 Å². The van der Waals surface area contributed by atoms with Gasteiger partial charge in [-0.25, -0.2) is 0 Å². The van der Waals surface area contributed by atoms with Crippen molar-refractivity contribution >= 4 is 17.5 Å². The minimum atomic E-state index is -0.209. The molecule has 0 saturated carbocycles. The predicted octanol–water partition coefficient (Wildman–Crippen LogP) is 3.22. The fourth-order valence-corrected chi connectivity index (χ4v) is 2.88. The molecule has 0 unspecified atom stereocenters. The van der Waals surface area contributed by atoms with E-state index in [1.54, 1.807) is 37.5 Å². The summed E-state index contributed by atoms with van der Waals surface area (Å²) < 4.78 is 10.6. The van der Waals surface area contributed by atoms with Crippen LogP contribution in [-0.4, -0.2) is 25.2 Å². The van der Waals surface area contributed by atoms with Gasteiger partial charge in [0.15, 0.2) is 5.78 Å². The van der Waals surface area contributed by atoms with Gasteiger partial charge in [0.25, 0.3) is 0 Å². The van der Waals surface area contributed by atoms with Crippen LogP contribution in [0.25, 0.3) is 6.08 Å². The number of benzene rings is 2. The van der Waals surface area contributed by atoms with Crippen LogP contribution in [0.2, 0.25) is 0 Å². The highest BCUT2D eigenvalue weighted by atomic mass is 16.8. The third kappa shape index (κ3) is 2.73. The maximum atomic E-state index is 12.7. The first-order chi connectivity index (χ1) is 11.5. The molecule has 0 fully saturated rings. The van der Waals surface area contributed by atoms with Crippen molar-refractivity contribution < 1.29 is 19.5 Å². The van der Waals surface area contributed by atoms with Gasteiger partial charge in [0, 0.05) is 17.6 Å². The van der Waals surface area contributed by atoms with Gasteiger partial charge >= 0.3 is 0 Å². The number of hydrogen-bond acceptors (Lipinski definition) is 6. The summed E-state index contributed by atoms with van der Waals surface area (Å²) >= 11 is 0. The largest absolute Gasteiger partial charge is 0.733 e. The summed E-state index contributed by atoms with van der Waals surface area (Å²) in [6.07, 6.45) is 2.12. The van der Waals surface area contributed by atoms with Gasteiger partial charge in [-0.15, -0.1) is 0 Å². The Labute approximate surface area is 139 Å². The zero-order chi connectivity index (χ0) is 17.3. The molecule has 3 rings (SSSR count). The van der Waals surface area contributed by atoms with Crippen molar-refractivity contribution in [1.82, 2.24) is 0 Å². The minimum absolute atomic E-state index is 0.0995. The van der Waals surface area contributed by atoms with Crippen LogP contribution < -0.4 is 14.7 Å². The maximum Gasteiger partial charge on any atom is 0.193 e. The summed E-state index contributed by atoms with van der Waals surface area (Å²) in [4.78, 5) is 12.7. The lowest BCUT2D eigenvalue weighted by Crippen LogP contribution is -2.06. The first-order valence-corrected chi connectivity index (χ1v) is 7.30. The van der Waals surface area contributed by atoms with E-state index in [1.165, 1.54) is 19.2 Å². The molecule has 1 N–H and O–H groups in total. The predicted molar refractivity (Wildman–Crippen MR) is 89.6 cm³/mol. The zero-order valence-electron chi connectivity index (χ0n) is 13.3. The third-order valence-corrected chi connectivity index (χ3v) is 3.99. The lowest BCUT2D eigenvalue weighted by molar-refractivity contribution is 0.103. The molecule has 0 saturated heterocycles. The van der Waals surface area contributed by atoms with Crippen LogP contribution in [0.15, 0.2) is 42.0 Å². The zero-order valence-corrected chi connectivity index (χ0v) is 13.3. The van der Waals surface area contributed by atoms with Crippen molar-refractivity contribution in [3.05, 3.63) is 63.9 Å². The average molecular weight is 326 g/mol. The van der Waals surface area contributed by atoms with E-state index in [0.717, 1.165) is 5.56 Å². The Balaban J connectivity index is 2.03. The van der Waals surface area contributed by atoms with Crippen LogP contribution >= 0.6 is 0 Å². The first kappa shape index (κ1) is 16.0. The first-order valence-electron chi connectivity index (χ1n) is 7.30. The number of rotatable bonds is 4. The van der Waals surface area contributed by atoms with E-state index < -0.39 is 0 Å². The van der Waals surface area contributed by atoms with Gasteiger partial charge in [0.2, 0.25) is 0 Å². The van der Waals surface area contributed by atoms with Crippen LogP contribution in [0, 0.1) is 5.21 Å². The second-order valence-corrected chi connectivity index (χ2v) is 5.37. The summed E-state index contributed by atoms with van der Waals surface area (Å²) in [7, 11) is 3.08. The number of anilines is 1. The normalized spacial score (nSPS) is 14.7. The molecular weight excluding hydrogens is 310 g/mol. The molecule has 0 radical (unpaired) electrons. The number of ether oxygens (including phenoxy) is 2. The topological polar surface area (TPSA) is 82.1 Å². The van der Waals surface area contributed by atoms with Crippen molar-refractivity contribution in [3.63, 3.8) is 0 Å². The molecule has 124 valence electrons. The van der Waals surface area contributed by atoms with Crippen molar-refractivity contribution in [2.24, 2.45) is 0 Å². The fourth-order valence-electron chi connectivity index (χ4n) is 2.88. The van der Waals surface area contributed by atoms with Crippen molar-refractivity contribution in [2.75, 3.05) is 19.4 Å². The third-order valence-electron chi connectivity index (χ3n) is 3.99. The lowest BCUT2D eigenvalue weighted by atomic mass is 10.1. The highest BCUT2D eigenvalue weighted by Gasteiger charge is 2.31. The molecule has 24 heavy (non-hydrogen) atoms. The molecule has 6 heteroatoms. The molecule has 0 aliphatic heterocycles. The van der Waals surface area contributed by atoms with E-state index in [-0.39, 0.29) is 16.7 Å². The smallest absolute Gasteiger partial charge is 0.193 e. The number of ketones is 1. The molecule has 1 aliphatic carbocycles. The lowest BCUT2D eigenvalue weighted by Gasteiger charge is -2.21. The van der Waals surface area contributed by atoms with Gasteiger partial charge in [-0.1, -0.05) is 12.1 Å². The van der Waals surface area contributed by atoms with E-state index in [0.29, 0.717) is 34.6 Å². The van der Waals surface area contributed by atoms with Crippen LogP contribution in [0.3, 0.4) is 0 Å². The Kier molecular flexibility index (Phi) is 4.24. The highest BCUT2D eigenvalue weighted by Crippen LogP contribution is 2.39. The molecule has 0 amide bonds. The monoisotopic (exact) mass is 326 g/mol. The number of nitrogens with zero attached hydrogens (tertiary/aromatic N) is 1. The highest BCUT2D eigenvalue weighted by molar-refractivity contribution is 6.17. The number of carbonyl (C=O) groups excluding carboxylic acids is 1. The Morgan fingerprint density at radius 1 is 1.17 bits per heavy atom. The number of Topliss-reactive ketones (excluding diaryl/α,β-unsaturated/α-hetero) is 1. The Hall–Kier alpha value is -2.83. The van der Waals surface area contributed by atoms with E-state index >= 15 is 0 Å². The number of allylic oxidation sites excluding steroid dienone is 1. The van der Waals surface area contributed by atoms with Gasteiger partial charge in [-0.3, -0.25) is 10.0 Å². The maximum absolute atomic E-state index is 12.7. The Bertz CT molecular complexity index is 826. The number of hydrogen-bond donors (Lipinski definition) is 1. The van der Waals surface area contributed by atoms with Gasteiger partial charge in [-0.2, -0.15) is 0 Å². The molecule has 1 aliphatic rings. The molecule has 0 atom stereocenters. The van der Waals surface area contributed by atoms with Gasteiger partial charge in [-0.05, 0) is 35.9 Å². The molecule has 2 aromatic carbocycles. The average Bonchev–Trinajstić information content (AvgIpc) is 2.91. The van der Waals surface area contributed by atoms with Crippen molar-refractivity contribution in [2.45, 2.75) is 6.42 Å². The fraction of sp³-hybridized carbons (Fsp3) is 0.167. The molecule has 0 bridgehead atoms. The van der Waals surface area contributed by atoms with Gasteiger partial charge in [0.05, 0.1) is 25.5 Å². The molecule has 6 nitrogen and oxygen atoms in total. The van der Waals surface area contributed by atoms with Crippen molar-refractivity contribution in [3.8, 4) is 11.5 Å². The standard InChI is InChI=1S/C18H16NO5/c1-23-15-6-7-16(24-2)17-14(15)10-12(18(17)20)8-11-4-3-5-13(9-11)19(21)22/h3-9,21H,10H2,1-2H3/q-1. The second-order valence-electron chi connectivity index (χ2n) is 5.37. The number of methoxy groups -OCH3 is 2. The molecule has 0 aromatic heterocycles. The van der Waals surface area contributed by atoms with Crippen LogP contribution in [0.1, 0.15) is 21.5 Å². The SMILES string of the molecule is COc1ccc(OC)c2c1CC(=Cc1cccc(N([O-])O)c1)C2=O. The van der Waals surface area contributed by atoms with Crippen LogP contribution in [-0.2, 0) is 6.42 Å². The molecular formula is C18H16NO5-. The summed E-state index contributed by atoms with van der Waals surface area (Å²) in [5.41, 5.74) is 2.61. The molecule has 0 heterocycles. The molecule has 0 spiro atoms. The van der Waals surface area contributed by atoms with E-state index in [2.05, 4.69) is 0 Å². The summed E-state index contributed by atoms with van der Waals surface area (Å²) in [6.45, 7) is 0. The number of fused-ring (bicyclic) bond motifs is 1. The van der Waals surface area contributed by atoms with E-state index in [9.17, 15) is 10.0 Å². The summed E-state index contributed by atoms with van der Waals surface area (Å²) in [6, 6.07) is 9.86. The Morgan fingerprint density at radius 3 is 2.54 bits per heavy atom. The van der Waals surface area contributed by atoms with Gasteiger partial charge in [0.1, 0.15) is 11.5 Å². The summed E-state index contributed by atoms with van der Waals surface area (Å²) in [5, 5.41) is 19.8. The minimum Gasteiger partial charge on any atom is -0.733 e. The quantitative estimate of drug-likeness (QED) is 0.686. The Morgan fingerprint density at radius 2 is 1.88 bits per heavy atom. The number of carbonyl (C=O) groups is 1. The molecule has 2 aromatic rings. The second kappa shape index (κ2) is 6.35. The van der Waals surface area contributed by atoms with E-state index in [1.807, 2.05) is 0 Å². The van der Waals surface area contributed by atoms with Crippen LogP contribution in [0.5, 0.6) is 11.5 Å².